The van der Waals surface area contributed by atoms with Gasteiger partial charge in [-0.1, -0.05) is 12.1 Å². The fourth-order valence-corrected chi connectivity index (χ4v) is 2.04. The predicted octanol–water partition coefficient (Wildman–Crippen LogP) is 2.01. The third-order valence-corrected chi connectivity index (χ3v) is 3.18. The Morgan fingerprint density at radius 3 is 2.28 bits per heavy atom. The molecule has 0 aromatic heterocycles. The number of rotatable bonds is 7. The van der Waals surface area contributed by atoms with Gasteiger partial charge in [0.1, 0.15) is 11.4 Å². The average Bonchev–Trinajstić information content (AvgIpc) is 2.53. The van der Waals surface area contributed by atoms with E-state index in [1.807, 2.05) is 32.9 Å². The molecule has 0 aliphatic heterocycles. The third kappa shape index (κ3) is 10.1. The summed E-state index contributed by atoms with van der Waals surface area (Å²) in [6.45, 7) is 7.26. The van der Waals surface area contributed by atoms with Crippen molar-refractivity contribution in [2.24, 2.45) is 4.99 Å². The number of nitrogens with one attached hydrogen (secondary N) is 3. The second-order valence-corrected chi connectivity index (χ2v) is 6.62. The van der Waals surface area contributed by atoms with Gasteiger partial charge in [-0.15, -0.1) is 0 Å². The molecule has 1 rings (SSSR count). The van der Waals surface area contributed by atoms with Gasteiger partial charge in [-0.2, -0.15) is 0 Å². The summed E-state index contributed by atoms with van der Waals surface area (Å²) < 4.78 is 5.16. The van der Waals surface area contributed by atoms with Crippen LogP contribution in [0, 0.1) is 0 Å². The van der Waals surface area contributed by atoms with Crippen LogP contribution in [0.5, 0.6) is 5.75 Å². The first-order chi connectivity index (χ1) is 11.8. The van der Waals surface area contributed by atoms with Crippen LogP contribution in [0.1, 0.15) is 32.8 Å². The minimum absolute atomic E-state index is 0.284. The molecule has 0 saturated carbocycles. The van der Waals surface area contributed by atoms with E-state index in [1.54, 1.807) is 19.2 Å². The lowest BCUT2D eigenvalue weighted by atomic mass is 10.1. The fraction of sp³-hybridized carbons (Fsp3) is 0.556. The summed E-state index contributed by atoms with van der Waals surface area (Å²) in [4.78, 5) is 15.7. The van der Waals surface area contributed by atoms with Crippen LogP contribution in [-0.2, 0) is 11.2 Å². The van der Waals surface area contributed by atoms with Gasteiger partial charge in [0.2, 0.25) is 0 Å². The number of aliphatic imine (C=N–C) groups is 1. The quantitative estimate of drug-likeness (QED) is 0.343. The van der Waals surface area contributed by atoms with Crippen molar-refractivity contribution < 1.29 is 14.6 Å². The highest BCUT2D eigenvalue weighted by atomic mass is 16.6. The number of phenols is 1. The molecule has 25 heavy (non-hydrogen) atoms. The molecule has 0 aliphatic carbocycles. The predicted molar refractivity (Wildman–Crippen MR) is 100 cm³/mol. The number of hydrogen-bond donors (Lipinski definition) is 4. The maximum Gasteiger partial charge on any atom is 0.407 e. The second-order valence-electron chi connectivity index (χ2n) is 6.62. The van der Waals surface area contributed by atoms with Gasteiger partial charge in [0, 0.05) is 26.7 Å². The van der Waals surface area contributed by atoms with E-state index in [0.29, 0.717) is 19.0 Å². The van der Waals surface area contributed by atoms with Crippen LogP contribution in [0.15, 0.2) is 29.3 Å². The summed E-state index contributed by atoms with van der Waals surface area (Å²) >= 11 is 0. The van der Waals surface area contributed by atoms with E-state index in [0.717, 1.165) is 19.4 Å². The van der Waals surface area contributed by atoms with Gasteiger partial charge in [-0.05, 0) is 51.3 Å². The number of carbonyl (C=O) groups is 1. The highest BCUT2D eigenvalue weighted by Gasteiger charge is 2.15. The molecule has 0 radical (unpaired) electrons. The Hall–Kier alpha value is -2.44. The van der Waals surface area contributed by atoms with Crippen LogP contribution >= 0.6 is 0 Å². The largest absolute Gasteiger partial charge is 0.508 e. The Bertz CT molecular complexity index is 550. The normalized spacial score (nSPS) is 11.8. The zero-order valence-corrected chi connectivity index (χ0v) is 15.6. The second kappa shape index (κ2) is 10.4. The summed E-state index contributed by atoms with van der Waals surface area (Å²) in [5.41, 5.74) is 0.691. The van der Waals surface area contributed by atoms with Crippen LogP contribution < -0.4 is 16.0 Å². The number of amides is 1. The summed E-state index contributed by atoms with van der Waals surface area (Å²) in [7, 11) is 1.70. The third-order valence-electron chi connectivity index (χ3n) is 3.18. The summed E-state index contributed by atoms with van der Waals surface area (Å²) in [6.07, 6.45) is 1.44. The van der Waals surface area contributed by atoms with E-state index in [1.165, 1.54) is 5.56 Å². The molecule has 1 amide bonds. The number of alkyl carbamates (subject to hydrolysis) is 1. The van der Waals surface area contributed by atoms with Gasteiger partial charge < -0.3 is 25.8 Å². The molecule has 0 fully saturated rings. The number of ether oxygens (including phenoxy) is 1. The van der Waals surface area contributed by atoms with E-state index in [-0.39, 0.29) is 5.75 Å². The van der Waals surface area contributed by atoms with Gasteiger partial charge >= 0.3 is 6.09 Å². The molecular formula is C18H30N4O3. The Morgan fingerprint density at radius 1 is 1.08 bits per heavy atom. The van der Waals surface area contributed by atoms with Crippen molar-refractivity contribution in [2.45, 2.75) is 39.2 Å². The standard InChI is InChI=1S/C18H30N4O3/c1-18(2,3)25-17(24)22-13-12-21-16(19-4)20-11-5-6-14-7-9-15(23)10-8-14/h7-10,23H,5-6,11-13H2,1-4H3,(H,22,24)(H2,19,20,21). The lowest BCUT2D eigenvalue weighted by molar-refractivity contribution is 0.0529. The molecule has 0 heterocycles. The summed E-state index contributed by atoms with van der Waals surface area (Å²) in [5.74, 6) is 0.975. The topological polar surface area (TPSA) is 95.0 Å². The van der Waals surface area contributed by atoms with E-state index in [4.69, 9.17) is 4.74 Å². The van der Waals surface area contributed by atoms with Crippen molar-refractivity contribution in [3.63, 3.8) is 0 Å². The van der Waals surface area contributed by atoms with Crippen molar-refractivity contribution >= 4 is 12.1 Å². The van der Waals surface area contributed by atoms with E-state index >= 15 is 0 Å². The molecule has 7 nitrogen and oxygen atoms in total. The minimum atomic E-state index is -0.493. The molecule has 0 aliphatic rings. The van der Waals surface area contributed by atoms with Crippen molar-refractivity contribution in [2.75, 3.05) is 26.7 Å². The molecule has 0 unspecified atom stereocenters. The van der Waals surface area contributed by atoms with Crippen LogP contribution in [0.4, 0.5) is 4.79 Å². The number of nitrogens with zero attached hydrogens (tertiary/aromatic N) is 1. The van der Waals surface area contributed by atoms with Gasteiger partial charge in [0.15, 0.2) is 5.96 Å². The van der Waals surface area contributed by atoms with E-state index in [2.05, 4.69) is 20.9 Å². The molecule has 4 N–H and O–H groups in total. The molecule has 1 aromatic carbocycles. The van der Waals surface area contributed by atoms with E-state index in [9.17, 15) is 9.90 Å². The highest BCUT2D eigenvalue weighted by Crippen LogP contribution is 2.10. The van der Waals surface area contributed by atoms with E-state index < -0.39 is 11.7 Å². The van der Waals surface area contributed by atoms with Gasteiger partial charge in [-0.3, -0.25) is 4.99 Å². The van der Waals surface area contributed by atoms with Gasteiger partial charge in [-0.25, -0.2) is 4.79 Å². The van der Waals surface area contributed by atoms with Crippen LogP contribution in [0.25, 0.3) is 0 Å². The summed E-state index contributed by atoms with van der Waals surface area (Å²) in [5, 5.41) is 18.3. The van der Waals surface area contributed by atoms with Gasteiger partial charge in [0.25, 0.3) is 0 Å². The molecule has 1 aromatic rings. The SMILES string of the molecule is CN=C(NCCCc1ccc(O)cc1)NCCNC(=O)OC(C)(C)C. The number of carbonyl (C=O) groups excluding carboxylic acids is 1. The Morgan fingerprint density at radius 2 is 1.68 bits per heavy atom. The molecule has 0 spiro atoms. The zero-order chi connectivity index (χ0) is 18.7. The molecule has 0 saturated heterocycles. The highest BCUT2D eigenvalue weighted by molar-refractivity contribution is 5.79. The van der Waals surface area contributed by atoms with Crippen LogP contribution in [0.3, 0.4) is 0 Å². The monoisotopic (exact) mass is 350 g/mol. The van der Waals surface area contributed by atoms with Crippen molar-refractivity contribution in [1.82, 2.24) is 16.0 Å². The molecular weight excluding hydrogens is 320 g/mol. The average molecular weight is 350 g/mol. The molecule has 7 heteroatoms. The lowest BCUT2D eigenvalue weighted by Gasteiger charge is -2.19. The Balaban J connectivity index is 2.14. The van der Waals surface area contributed by atoms with Crippen LogP contribution in [-0.4, -0.2) is 49.4 Å². The summed E-state index contributed by atoms with van der Waals surface area (Å²) in [6, 6.07) is 7.23. The maximum atomic E-state index is 11.5. The fourth-order valence-electron chi connectivity index (χ4n) is 2.04. The first-order valence-corrected chi connectivity index (χ1v) is 8.49. The Kier molecular flexibility index (Phi) is 8.60. The smallest absolute Gasteiger partial charge is 0.407 e. The first-order valence-electron chi connectivity index (χ1n) is 8.49. The number of hydrogen-bond acceptors (Lipinski definition) is 4. The minimum Gasteiger partial charge on any atom is -0.508 e. The number of aryl methyl sites for hydroxylation is 1. The number of benzene rings is 1. The zero-order valence-electron chi connectivity index (χ0n) is 15.6. The van der Waals surface area contributed by atoms with Crippen molar-refractivity contribution in [3.05, 3.63) is 29.8 Å². The lowest BCUT2D eigenvalue weighted by Crippen LogP contribution is -2.42. The number of phenolic OH excluding ortho intramolecular Hbond substituents is 1. The molecule has 140 valence electrons. The number of aromatic hydroxyl groups is 1. The van der Waals surface area contributed by atoms with Crippen LogP contribution in [0.2, 0.25) is 0 Å². The van der Waals surface area contributed by atoms with Crippen molar-refractivity contribution in [3.8, 4) is 5.75 Å². The number of guanidine groups is 1. The van der Waals surface area contributed by atoms with Gasteiger partial charge in [0.05, 0.1) is 0 Å². The maximum absolute atomic E-state index is 11.5. The molecule has 0 atom stereocenters. The van der Waals surface area contributed by atoms with Crippen molar-refractivity contribution in [1.29, 1.82) is 0 Å². The first kappa shape index (κ1) is 20.6. The molecule has 0 bridgehead atoms. The Labute approximate surface area is 149 Å².